The summed E-state index contributed by atoms with van der Waals surface area (Å²) < 4.78 is 11.6. The molecule has 0 aliphatic carbocycles. The van der Waals surface area contributed by atoms with Gasteiger partial charge in [-0.3, -0.25) is 4.79 Å². The number of rotatable bonds is 9. The van der Waals surface area contributed by atoms with Gasteiger partial charge < -0.3 is 9.47 Å². The van der Waals surface area contributed by atoms with Gasteiger partial charge in [-0.05, 0) is 83.5 Å². The van der Waals surface area contributed by atoms with Gasteiger partial charge in [0.25, 0.3) is 0 Å². The van der Waals surface area contributed by atoms with Crippen LogP contribution in [-0.2, 0) is 0 Å². The Morgan fingerprint density at radius 1 is 0.893 bits per heavy atom. The SMILES string of the molecule is CCCOc1ccc(PC(=O)c2c(C)cc(C)c(C)c2C)c(OCCC)c1.[Li]. The van der Waals surface area contributed by atoms with Gasteiger partial charge in [-0.15, -0.1) is 0 Å². The molecule has 147 valence electrons. The molecule has 3 nitrogen and oxygen atoms in total. The first-order valence-corrected chi connectivity index (χ1v) is 10.7. The molecule has 0 aliphatic rings. The van der Waals surface area contributed by atoms with Crippen LogP contribution in [0.1, 0.15) is 59.3 Å². The molecule has 0 heterocycles. The Bertz CT molecular complexity index is 818. The van der Waals surface area contributed by atoms with Gasteiger partial charge in [-0.2, -0.15) is 0 Å². The molecule has 0 saturated heterocycles. The Morgan fingerprint density at radius 2 is 1.54 bits per heavy atom. The molecule has 5 heteroatoms. The summed E-state index contributed by atoms with van der Waals surface area (Å²) >= 11 is 0. The van der Waals surface area contributed by atoms with Gasteiger partial charge in [0.15, 0.2) is 5.52 Å². The molecule has 0 saturated carbocycles. The van der Waals surface area contributed by atoms with E-state index in [1.807, 2.05) is 32.0 Å². The molecule has 0 aromatic heterocycles. The van der Waals surface area contributed by atoms with Crippen LogP contribution in [0.3, 0.4) is 0 Å². The van der Waals surface area contributed by atoms with Crippen molar-refractivity contribution in [1.82, 2.24) is 0 Å². The number of carbonyl (C=O) groups is 1. The molecule has 0 spiro atoms. The number of carbonyl (C=O) groups excluding carboxylic acids is 1. The molecule has 0 bridgehead atoms. The number of ether oxygens (including phenoxy) is 2. The van der Waals surface area contributed by atoms with Crippen LogP contribution in [-0.4, -0.2) is 37.6 Å². The predicted octanol–water partition coefficient (Wildman–Crippen LogP) is 5.26. The Hall–Kier alpha value is -1.26. The standard InChI is InChI=1S/C23H31O3P.Li/c1-7-11-25-19-9-10-21(20(14-19)26-12-8-2)27-23(24)22-16(4)13-15(3)17(5)18(22)6;/h9-10,13-14,27H,7-8,11-12H2,1-6H3;. The largest absolute Gasteiger partial charge is 0.493 e. The normalized spacial score (nSPS) is 10.8. The minimum atomic E-state index is 0. The molecule has 1 atom stereocenters. The maximum absolute atomic E-state index is 13.1. The third-order valence-corrected chi connectivity index (χ3v) is 5.88. The zero-order valence-electron chi connectivity index (χ0n) is 18.4. The van der Waals surface area contributed by atoms with Crippen molar-refractivity contribution in [2.45, 2.75) is 54.4 Å². The Labute approximate surface area is 183 Å². The monoisotopic (exact) mass is 393 g/mol. The van der Waals surface area contributed by atoms with Crippen LogP contribution in [0.2, 0.25) is 0 Å². The minimum absolute atomic E-state index is 0. The third-order valence-electron chi connectivity index (χ3n) is 4.72. The van der Waals surface area contributed by atoms with Crippen molar-refractivity contribution in [3.8, 4) is 11.5 Å². The first-order chi connectivity index (χ1) is 12.9. The van der Waals surface area contributed by atoms with E-state index in [-0.39, 0.29) is 33.0 Å². The maximum Gasteiger partial charge on any atom is 0.186 e. The average Bonchev–Trinajstić information content (AvgIpc) is 2.64. The molecule has 2 rings (SSSR count). The second-order valence-electron chi connectivity index (χ2n) is 6.94. The molecule has 2 aromatic carbocycles. The molecule has 1 unspecified atom stereocenters. The molecule has 28 heavy (non-hydrogen) atoms. The van der Waals surface area contributed by atoms with Gasteiger partial charge in [0.2, 0.25) is 0 Å². The van der Waals surface area contributed by atoms with Crippen LogP contribution in [0.5, 0.6) is 11.5 Å². The molecular weight excluding hydrogens is 362 g/mol. The molecule has 0 N–H and O–H groups in total. The van der Waals surface area contributed by atoms with Crippen molar-refractivity contribution in [3.05, 3.63) is 52.1 Å². The van der Waals surface area contributed by atoms with Crippen LogP contribution in [0.15, 0.2) is 24.3 Å². The summed E-state index contributed by atoms with van der Waals surface area (Å²) in [6.07, 6.45) is 1.88. The molecule has 0 fully saturated rings. The number of benzene rings is 2. The van der Waals surface area contributed by atoms with E-state index >= 15 is 0 Å². The van der Waals surface area contributed by atoms with Gasteiger partial charge >= 0.3 is 0 Å². The summed E-state index contributed by atoms with van der Waals surface area (Å²) in [6.45, 7) is 13.7. The van der Waals surface area contributed by atoms with Crippen molar-refractivity contribution in [1.29, 1.82) is 0 Å². The third kappa shape index (κ3) is 6.12. The van der Waals surface area contributed by atoms with E-state index in [0.29, 0.717) is 13.2 Å². The Kier molecular flexibility index (Phi) is 10.3. The van der Waals surface area contributed by atoms with Crippen molar-refractivity contribution < 1.29 is 14.3 Å². The fourth-order valence-corrected chi connectivity index (χ4v) is 4.25. The van der Waals surface area contributed by atoms with Gasteiger partial charge in [0.1, 0.15) is 11.5 Å². The molecule has 0 aliphatic heterocycles. The average molecular weight is 393 g/mol. The van der Waals surface area contributed by atoms with E-state index in [0.717, 1.165) is 46.3 Å². The van der Waals surface area contributed by atoms with Gasteiger partial charge in [0.05, 0.1) is 13.2 Å². The van der Waals surface area contributed by atoms with Crippen LogP contribution in [0.4, 0.5) is 0 Å². The fourth-order valence-electron chi connectivity index (χ4n) is 3.07. The minimum Gasteiger partial charge on any atom is -0.493 e. The van der Waals surface area contributed by atoms with E-state index in [2.05, 4.69) is 33.8 Å². The summed E-state index contributed by atoms with van der Waals surface area (Å²) in [7, 11) is 0.0309. The van der Waals surface area contributed by atoms with E-state index in [1.54, 1.807) is 0 Å². The van der Waals surface area contributed by atoms with Crippen molar-refractivity contribution >= 4 is 38.3 Å². The molecule has 1 radical (unpaired) electrons. The summed E-state index contributed by atoms with van der Waals surface area (Å²) in [5, 5.41) is 0.939. The topological polar surface area (TPSA) is 35.5 Å². The first-order valence-electron chi connectivity index (χ1n) is 9.67. The van der Waals surface area contributed by atoms with E-state index in [9.17, 15) is 4.79 Å². The van der Waals surface area contributed by atoms with Gasteiger partial charge in [-0.1, -0.05) is 19.9 Å². The zero-order valence-corrected chi connectivity index (χ0v) is 19.4. The number of hydrogen-bond acceptors (Lipinski definition) is 3. The van der Waals surface area contributed by atoms with Crippen LogP contribution < -0.4 is 14.8 Å². The number of aryl methyl sites for hydroxylation is 2. The summed E-state index contributed by atoms with van der Waals surface area (Å²) in [6, 6.07) is 7.93. The van der Waals surface area contributed by atoms with Crippen LogP contribution >= 0.6 is 8.58 Å². The smallest absolute Gasteiger partial charge is 0.186 e. The Balaban J connectivity index is 0.00000392. The van der Waals surface area contributed by atoms with E-state index in [1.165, 1.54) is 11.1 Å². The molecule has 2 aromatic rings. The van der Waals surface area contributed by atoms with Crippen LogP contribution in [0, 0.1) is 27.7 Å². The van der Waals surface area contributed by atoms with E-state index in [4.69, 9.17) is 9.47 Å². The summed E-state index contributed by atoms with van der Waals surface area (Å²) in [5.41, 5.74) is 5.57. The van der Waals surface area contributed by atoms with Gasteiger partial charge in [-0.25, -0.2) is 0 Å². The molecule has 0 amide bonds. The maximum atomic E-state index is 13.1. The van der Waals surface area contributed by atoms with Gasteiger partial charge in [0, 0.05) is 35.8 Å². The second kappa shape index (κ2) is 11.7. The zero-order chi connectivity index (χ0) is 20.0. The molecular formula is C23H31LiO3P. The Morgan fingerprint density at radius 3 is 2.18 bits per heavy atom. The van der Waals surface area contributed by atoms with Crippen molar-refractivity contribution in [2.75, 3.05) is 13.2 Å². The van der Waals surface area contributed by atoms with Crippen molar-refractivity contribution in [2.24, 2.45) is 0 Å². The quantitative estimate of drug-likeness (QED) is 0.431. The fraction of sp³-hybridized carbons (Fsp3) is 0.435. The first kappa shape index (κ1) is 24.8. The van der Waals surface area contributed by atoms with E-state index < -0.39 is 0 Å². The second-order valence-corrected chi connectivity index (χ2v) is 8.19. The number of hydrogen-bond donors (Lipinski definition) is 0. The predicted molar refractivity (Wildman–Crippen MR) is 121 cm³/mol. The summed E-state index contributed by atoms with van der Waals surface area (Å²) in [4.78, 5) is 13.1. The van der Waals surface area contributed by atoms with Crippen molar-refractivity contribution in [3.63, 3.8) is 0 Å². The van der Waals surface area contributed by atoms with Crippen LogP contribution in [0.25, 0.3) is 0 Å². The summed E-state index contributed by atoms with van der Waals surface area (Å²) in [5.74, 6) is 1.55.